The maximum atomic E-state index is 13.1. The zero-order valence-electron chi connectivity index (χ0n) is 16.8. The lowest BCUT2D eigenvalue weighted by Gasteiger charge is -2.18. The number of carbonyl (C=O) groups excluding carboxylic acids is 1. The number of hydrogen-bond donors (Lipinski definition) is 2. The summed E-state index contributed by atoms with van der Waals surface area (Å²) in [6.07, 6.45) is 0. The predicted octanol–water partition coefficient (Wildman–Crippen LogP) is 3.20. The standard InChI is InChI=1S/C20H23FN4O3S2/c1-4-25-18-10-9-16(30(22,27)28)11-17(18)24-20(25)29-13(3)19(26)23-12(2)14-5-7-15(21)8-6-14/h5-13H,4H2,1-3H3,(H,23,26)(H2,22,27,28). The van der Waals surface area contributed by atoms with Gasteiger partial charge >= 0.3 is 0 Å². The molecule has 1 amide bonds. The van der Waals surface area contributed by atoms with Crippen LogP contribution in [0.2, 0.25) is 0 Å². The molecule has 1 heterocycles. The van der Waals surface area contributed by atoms with E-state index in [1.54, 1.807) is 25.1 Å². The number of thioether (sulfide) groups is 1. The van der Waals surface area contributed by atoms with Crippen LogP contribution in [-0.4, -0.2) is 29.1 Å². The second-order valence-electron chi connectivity index (χ2n) is 6.88. The van der Waals surface area contributed by atoms with Gasteiger partial charge in [-0.3, -0.25) is 4.79 Å². The maximum absolute atomic E-state index is 13.1. The van der Waals surface area contributed by atoms with Gasteiger partial charge in [0.1, 0.15) is 5.82 Å². The first-order valence-corrected chi connectivity index (χ1v) is 11.8. The number of halogens is 1. The summed E-state index contributed by atoms with van der Waals surface area (Å²) in [6, 6.07) is 10.3. The number of benzene rings is 2. The van der Waals surface area contributed by atoms with Crippen molar-refractivity contribution in [3.63, 3.8) is 0 Å². The number of primary sulfonamides is 1. The zero-order valence-corrected chi connectivity index (χ0v) is 18.4. The minimum Gasteiger partial charge on any atom is -0.349 e. The van der Waals surface area contributed by atoms with E-state index in [1.165, 1.54) is 36.0 Å². The Balaban J connectivity index is 1.78. The number of nitrogens with two attached hydrogens (primary N) is 1. The van der Waals surface area contributed by atoms with Crippen LogP contribution < -0.4 is 10.5 Å². The molecule has 2 atom stereocenters. The van der Waals surface area contributed by atoms with E-state index in [0.717, 1.165) is 11.1 Å². The normalized spacial score (nSPS) is 13.9. The van der Waals surface area contributed by atoms with Crippen molar-refractivity contribution >= 4 is 38.7 Å². The number of amides is 1. The molecule has 2 unspecified atom stereocenters. The van der Waals surface area contributed by atoms with Crippen molar-refractivity contribution < 1.29 is 17.6 Å². The van der Waals surface area contributed by atoms with Crippen LogP contribution in [0.4, 0.5) is 4.39 Å². The highest BCUT2D eigenvalue weighted by atomic mass is 32.2. The van der Waals surface area contributed by atoms with Gasteiger partial charge in [0, 0.05) is 6.54 Å². The van der Waals surface area contributed by atoms with Crippen LogP contribution in [0.1, 0.15) is 32.4 Å². The summed E-state index contributed by atoms with van der Waals surface area (Å²) in [7, 11) is -3.83. The summed E-state index contributed by atoms with van der Waals surface area (Å²) in [5.74, 6) is -0.512. The predicted molar refractivity (Wildman–Crippen MR) is 115 cm³/mol. The van der Waals surface area contributed by atoms with Crippen molar-refractivity contribution in [2.24, 2.45) is 5.14 Å². The first kappa shape index (κ1) is 22.3. The van der Waals surface area contributed by atoms with E-state index in [-0.39, 0.29) is 22.7 Å². The molecular formula is C20H23FN4O3S2. The minimum absolute atomic E-state index is 0.00813. The Hall–Kier alpha value is -2.43. The molecule has 1 aromatic heterocycles. The summed E-state index contributed by atoms with van der Waals surface area (Å²) in [5.41, 5.74) is 2.07. The molecule has 7 nitrogen and oxygen atoms in total. The molecule has 3 aromatic rings. The maximum Gasteiger partial charge on any atom is 0.238 e. The number of rotatable bonds is 7. The van der Waals surface area contributed by atoms with Gasteiger partial charge in [0.2, 0.25) is 15.9 Å². The molecule has 3 N–H and O–H groups in total. The second-order valence-corrected chi connectivity index (χ2v) is 9.75. The van der Waals surface area contributed by atoms with Crippen LogP contribution in [0.25, 0.3) is 11.0 Å². The highest BCUT2D eigenvalue weighted by Gasteiger charge is 2.21. The van der Waals surface area contributed by atoms with Crippen molar-refractivity contribution in [2.45, 2.75) is 48.7 Å². The van der Waals surface area contributed by atoms with Crippen molar-refractivity contribution in [2.75, 3.05) is 0 Å². The number of imidazole rings is 1. The van der Waals surface area contributed by atoms with Gasteiger partial charge in [-0.25, -0.2) is 22.9 Å². The molecule has 0 fully saturated rings. The lowest BCUT2D eigenvalue weighted by molar-refractivity contribution is -0.120. The number of hydrogen-bond acceptors (Lipinski definition) is 5. The first-order valence-electron chi connectivity index (χ1n) is 9.35. The van der Waals surface area contributed by atoms with E-state index in [9.17, 15) is 17.6 Å². The SMILES string of the molecule is CCn1c(SC(C)C(=O)NC(C)c2ccc(F)cc2)nc2cc(S(N)(=O)=O)ccc21. The van der Waals surface area contributed by atoms with Crippen LogP contribution in [0.5, 0.6) is 0 Å². The van der Waals surface area contributed by atoms with E-state index in [4.69, 9.17) is 5.14 Å². The molecule has 10 heteroatoms. The minimum atomic E-state index is -3.83. The largest absolute Gasteiger partial charge is 0.349 e. The number of aryl methyl sites for hydroxylation is 1. The highest BCUT2D eigenvalue weighted by molar-refractivity contribution is 8.00. The lowest BCUT2D eigenvalue weighted by atomic mass is 10.1. The van der Waals surface area contributed by atoms with E-state index in [0.29, 0.717) is 17.2 Å². The van der Waals surface area contributed by atoms with Gasteiger partial charge in [0.15, 0.2) is 5.16 Å². The van der Waals surface area contributed by atoms with Gasteiger partial charge in [-0.15, -0.1) is 0 Å². The number of nitrogens with zero attached hydrogens (tertiary/aromatic N) is 2. The van der Waals surface area contributed by atoms with Gasteiger partial charge in [0.05, 0.1) is 27.2 Å². The van der Waals surface area contributed by atoms with Crippen LogP contribution in [0.15, 0.2) is 52.5 Å². The average molecular weight is 451 g/mol. The molecule has 0 bridgehead atoms. The molecule has 2 aromatic carbocycles. The molecule has 0 saturated heterocycles. The summed E-state index contributed by atoms with van der Waals surface area (Å²) in [4.78, 5) is 17.2. The molecule has 3 rings (SSSR count). The monoisotopic (exact) mass is 450 g/mol. The molecule has 160 valence electrons. The fourth-order valence-electron chi connectivity index (χ4n) is 3.04. The third kappa shape index (κ3) is 4.82. The highest BCUT2D eigenvalue weighted by Crippen LogP contribution is 2.29. The smallest absolute Gasteiger partial charge is 0.238 e. The van der Waals surface area contributed by atoms with E-state index in [1.807, 2.05) is 18.4 Å². The van der Waals surface area contributed by atoms with Crippen molar-refractivity contribution in [1.82, 2.24) is 14.9 Å². The zero-order chi connectivity index (χ0) is 22.1. The topological polar surface area (TPSA) is 107 Å². The average Bonchev–Trinajstić information content (AvgIpc) is 3.03. The molecule has 0 radical (unpaired) electrons. The molecule has 0 aliphatic carbocycles. The molecule has 0 saturated carbocycles. The fourth-order valence-corrected chi connectivity index (χ4v) is 4.57. The van der Waals surface area contributed by atoms with Crippen LogP contribution in [0, 0.1) is 5.82 Å². The van der Waals surface area contributed by atoms with Gasteiger partial charge in [0.25, 0.3) is 0 Å². The van der Waals surface area contributed by atoms with E-state index < -0.39 is 15.3 Å². The van der Waals surface area contributed by atoms with Gasteiger partial charge in [-0.1, -0.05) is 23.9 Å². The summed E-state index contributed by atoms with van der Waals surface area (Å²) in [6.45, 7) is 6.15. The molecule has 0 aliphatic heterocycles. The van der Waals surface area contributed by atoms with Gasteiger partial charge < -0.3 is 9.88 Å². The van der Waals surface area contributed by atoms with Crippen LogP contribution >= 0.6 is 11.8 Å². The Morgan fingerprint density at radius 3 is 2.50 bits per heavy atom. The Morgan fingerprint density at radius 2 is 1.90 bits per heavy atom. The number of sulfonamides is 1. The van der Waals surface area contributed by atoms with Gasteiger partial charge in [-0.05, 0) is 56.7 Å². The molecule has 0 spiro atoms. The van der Waals surface area contributed by atoms with Crippen LogP contribution in [-0.2, 0) is 21.4 Å². The number of carbonyl (C=O) groups is 1. The summed E-state index contributed by atoms with van der Waals surface area (Å²) in [5, 5.41) is 8.28. The summed E-state index contributed by atoms with van der Waals surface area (Å²) >= 11 is 1.28. The number of nitrogens with one attached hydrogen (secondary N) is 1. The Morgan fingerprint density at radius 1 is 1.23 bits per heavy atom. The first-order chi connectivity index (χ1) is 14.1. The molecule has 0 aliphatic rings. The lowest BCUT2D eigenvalue weighted by Crippen LogP contribution is -2.33. The molecule has 30 heavy (non-hydrogen) atoms. The van der Waals surface area contributed by atoms with Crippen molar-refractivity contribution in [3.8, 4) is 0 Å². The number of fused-ring (bicyclic) bond motifs is 1. The van der Waals surface area contributed by atoms with Crippen molar-refractivity contribution in [1.29, 1.82) is 0 Å². The Kier molecular flexibility index (Phi) is 6.49. The third-order valence-electron chi connectivity index (χ3n) is 4.71. The Bertz CT molecular complexity index is 1180. The Labute approximate surface area is 178 Å². The van der Waals surface area contributed by atoms with E-state index in [2.05, 4.69) is 10.3 Å². The van der Waals surface area contributed by atoms with E-state index >= 15 is 0 Å². The van der Waals surface area contributed by atoms with Crippen LogP contribution in [0.3, 0.4) is 0 Å². The third-order valence-corrected chi connectivity index (χ3v) is 6.71. The van der Waals surface area contributed by atoms with Crippen molar-refractivity contribution in [3.05, 3.63) is 53.8 Å². The fraction of sp³-hybridized carbons (Fsp3) is 0.300. The van der Waals surface area contributed by atoms with Gasteiger partial charge in [-0.2, -0.15) is 0 Å². The number of aromatic nitrogens is 2. The summed E-state index contributed by atoms with van der Waals surface area (Å²) < 4.78 is 38.2. The quantitative estimate of drug-likeness (QED) is 0.538. The molecular weight excluding hydrogens is 427 g/mol. The second kappa shape index (κ2) is 8.75.